The third kappa shape index (κ3) is 7.48. The number of rotatable bonds is 11. The zero-order valence-corrected chi connectivity index (χ0v) is 19.5. The fourth-order valence-electron chi connectivity index (χ4n) is 3.95. The molecule has 0 spiro atoms. The molecule has 33 heavy (non-hydrogen) atoms. The van der Waals surface area contributed by atoms with Gasteiger partial charge in [-0.25, -0.2) is 9.98 Å². The molecule has 4 rings (SSSR count). The van der Waals surface area contributed by atoms with Crippen molar-refractivity contribution in [3.63, 3.8) is 0 Å². The Kier molecular flexibility index (Phi) is 8.17. The van der Waals surface area contributed by atoms with Gasteiger partial charge in [0.1, 0.15) is 0 Å². The minimum atomic E-state index is 0.245. The highest BCUT2D eigenvalue weighted by molar-refractivity contribution is 5.81. The molecule has 2 aromatic rings. The maximum Gasteiger partial charge on any atom is 0.223 e. The third-order valence-corrected chi connectivity index (χ3v) is 6.09. The number of aliphatic imine (C=N–C) groups is 1. The lowest BCUT2D eigenvalue weighted by Gasteiger charge is -2.18. The molecule has 1 aromatic carbocycles. The summed E-state index contributed by atoms with van der Waals surface area (Å²) in [6.07, 6.45) is 5.86. The van der Waals surface area contributed by atoms with E-state index in [0.29, 0.717) is 24.8 Å². The maximum atomic E-state index is 12.4. The molecule has 176 valence electrons. The van der Waals surface area contributed by atoms with Crippen LogP contribution in [0.15, 0.2) is 53.7 Å². The van der Waals surface area contributed by atoms with Crippen LogP contribution in [0, 0.1) is 11.8 Å². The molecular formula is C26H35N5O2. The van der Waals surface area contributed by atoms with Crippen molar-refractivity contribution >= 4 is 11.9 Å². The first kappa shape index (κ1) is 23.1. The average Bonchev–Trinajstić information content (AvgIpc) is 3.61. The van der Waals surface area contributed by atoms with E-state index in [4.69, 9.17) is 4.74 Å². The lowest BCUT2D eigenvalue weighted by Crippen LogP contribution is -2.40. The normalized spacial score (nSPS) is 18.5. The number of hydrogen-bond donors (Lipinski definition) is 2. The summed E-state index contributed by atoms with van der Waals surface area (Å²) < 4.78 is 5.70. The molecule has 2 heterocycles. The van der Waals surface area contributed by atoms with E-state index in [1.54, 1.807) is 0 Å². The molecule has 0 radical (unpaired) electrons. The summed E-state index contributed by atoms with van der Waals surface area (Å²) in [5, 5.41) is 6.71. The summed E-state index contributed by atoms with van der Waals surface area (Å²) in [5.74, 6) is 2.71. The third-order valence-electron chi connectivity index (χ3n) is 6.09. The second-order valence-electron chi connectivity index (χ2n) is 8.98. The fraction of sp³-hybridized carbons (Fsp3) is 0.500. The lowest BCUT2D eigenvalue weighted by molar-refractivity contribution is -0.127. The molecular weight excluding hydrogens is 414 g/mol. The first-order valence-electron chi connectivity index (χ1n) is 12.1. The molecule has 1 aliphatic heterocycles. The Bertz CT molecular complexity index is 912. The van der Waals surface area contributed by atoms with E-state index in [1.165, 1.54) is 18.4 Å². The van der Waals surface area contributed by atoms with Crippen molar-refractivity contribution in [1.82, 2.24) is 20.5 Å². The first-order chi connectivity index (χ1) is 16.2. The van der Waals surface area contributed by atoms with E-state index in [0.717, 1.165) is 56.6 Å². The molecule has 1 saturated heterocycles. The van der Waals surface area contributed by atoms with Crippen molar-refractivity contribution in [2.24, 2.45) is 16.8 Å². The minimum absolute atomic E-state index is 0.245. The molecule has 2 fully saturated rings. The Morgan fingerprint density at radius 2 is 1.97 bits per heavy atom. The SMILES string of the molecule is CCNC(=NCc1ccc(OCC2CC2)nc1)NCC1CC(=O)N(CCc2ccccc2)C1. The number of guanidine groups is 1. The van der Waals surface area contributed by atoms with Crippen LogP contribution in [0.1, 0.15) is 37.3 Å². The Labute approximate surface area is 196 Å². The Morgan fingerprint density at radius 3 is 2.70 bits per heavy atom. The number of nitrogens with zero attached hydrogens (tertiary/aromatic N) is 3. The van der Waals surface area contributed by atoms with E-state index in [-0.39, 0.29) is 5.91 Å². The molecule has 7 nitrogen and oxygen atoms in total. The zero-order valence-electron chi connectivity index (χ0n) is 19.5. The highest BCUT2D eigenvalue weighted by Crippen LogP contribution is 2.29. The van der Waals surface area contributed by atoms with Gasteiger partial charge in [-0.2, -0.15) is 0 Å². The summed E-state index contributed by atoms with van der Waals surface area (Å²) >= 11 is 0. The maximum absolute atomic E-state index is 12.4. The van der Waals surface area contributed by atoms with Gasteiger partial charge in [-0.1, -0.05) is 36.4 Å². The first-order valence-corrected chi connectivity index (χ1v) is 12.1. The van der Waals surface area contributed by atoms with Gasteiger partial charge in [0.15, 0.2) is 5.96 Å². The Balaban J connectivity index is 1.22. The molecule has 1 unspecified atom stereocenters. The van der Waals surface area contributed by atoms with Crippen LogP contribution in [-0.2, 0) is 17.8 Å². The summed E-state index contributed by atoms with van der Waals surface area (Å²) in [4.78, 5) is 23.5. The second-order valence-corrected chi connectivity index (χ2v) is 8.98. The summed E-state index contributed by atoms with van der Waals surface area (Å²) in [6.45, 7) is 6.45. The van der Waals surface area contributed by atoms with Gasteiger partial charge < -0.3 is 20.3 Å². The van der Waals surface area contributed by atoms with Gasteiger partial charge >= 0.3 is 0 Å². The van der Waals surface area contributed by atoms with Crippen molar-refractivity contribution in [2.45, 2.75) is 39.2 Å². The van der Waals surface area contributed by atoms with Gasteiger partial charge in [0, 0.05) is 50.8 Å². The highest BCUT2D eigenvalue weighted by Gasteiger charge is 2.29. The molecule has 1 aliphatic carbocycles. The van der Waals surface area contributed by atoms with E-state index < -0.39 is 0 Å². The number of aromatic nitrogens is 1. The predicted octanol–water partition coefficient (Wildman–Crippen LogP) is 3.02. The van der Waals surface area contributed by atoms with Crippen molar-refractivity contribution in [3.05, 3.63) is 59.8 Å². The monoisotopic (exact) mass is 449 g/mol. The van der Waals surface area contributed by atoms with Gasteiger partial charge in [0.05, 0.1) is 13.2 Å². The van der Waals surface area contributed by atoms with Gasteiger partial charge in [0.25, 0.3) is 0 Å². The molecule has 0 bridgehead atoms. The number of amides is 1. The Morgan fingerprint density at radius 1 is 1.12 bits per heavy atom. The van der Waals surface area contributed by atoms with Gasteiger partial charge in [-0.15, -0.1) is 0 Å². The number of carbonyl (C=O) groups excluding carboxylic acids is 1. The van der Waals surface area contributed by atoms with Gasteiger partial charge in [-0.3, -0.25) is 4.79 Å². The van der Waals surface area contributed by atoms with Crippen molar-refractivity contribution in [2.75, 3.05) is 32.8 Å². The number of benzene rings is 1. The molecule has 2 N–H and O–H groups in total. The van der Waals surface area contributed by atoms with Crippen LogP contribution in [0.3, 0.4) is 0 Å². The van der Waals surface area contributed by atoms with Crippen LogP contribution in [0.25, 0.3) is 0 Å². The zero-order chi connectivity index (χ0) is 22.9. The van der Waals surface area contributed by atoms with Crippen LogP contribution < -0.4 is 15.4 Å². The molecule has 1 saturated carbocycles. The van der Waals surface area contributed by atoms with Gasteiger partial charge in [0.2, 0.25) is 11.8 Å². The smallest absolute Gasteiger partial charge is 0.223 e. The molecule has 2 aliphatic rings. The van der Waals surface area contributed by atoms with E-state index in [2.05, 4.69) is 39.7 Å². The van der Waals surface area contributed by atoms with Crippen molar-refractivity contribution in [1.29, 1.82) is 0 Å². The number of pyridine rings is 1. The quantitative estimate of drug-likeness (QED) is 0.407. The largest absolute Gasteiger partial charge is 0.477 e. The molecule has 7 heteroatoms. The number of carbonyl (C=O) groups is 1. The van der Waals surface area contributed by atoms with Crippen LogP contribution in [0.2, 0.25) is 0 Å². The van der Waals surface area contributed by atoms with Crippen LogP contribution in [0.5, 0.6) is 5.88 Å². The van der Waals surface area contributed by atoms with Crippen LogP contribution in [-0.4, -0.2) is 54.5 Å². The second kappa shape index (κ2) is 11.7. The molecule has 1 aromatic heterocycles. The summed E-state index contributed by atoms with van der Waals surface area (Å²) in [6, 6.07) is 14.3. The minimum Gasteiger partial charge on any atom is -0.477 e. The fourth-order valence-corrected chi connectivity index (χ4v) is 3.95. The topological polar surface area (TPSA) is 78.9 Å². The average molecular weight is 450 g/mol. The van der Waals surface area contributed by atoms with E-state index in [9.17, 15) is 4.79 Å². The number of likely N-dealkylation sites (tertiary alicyclic amines) is 1. The van der Waals surface area contributed by atoms with Crippen LogP contribution in [0.4, 0.5) is 0 Å². The van der Waals surface area contributed by atoms with E-state index >= 15 is 0 Å². The highest BCUT2D eigenvalue weighted by atomic mass is 16.5. The van der Waals surface area contributed by atoms with Gasteiger partial charge in [-0.05, 0) is 43.2 Å². The molecule has 1 amide bonds. The number of nitrogens with one attached hydrogen (secondary N) is 2. The van der Waals surface area contributed by atoms with Crippen molar-refractivity contribution < 1.29 is 9.53 Å². The van der Waals surface area contributed by atoms with E-state index in [1.807, 2.05) is 41.4 Å². The summed E-state index contributed by atoms with van der Waals surface area (Å²) in [7, 11) is 0. The standard InChI is InChI=1S/C26H35N5O2/c1-2-27-26(29-16-22-10-11-24(28-15-22)33-19-21-8-9-21)30-17-23-14-25(32)31(18-23)13-12-20-6-4-3-5-7-20/h3-7,10-11,15,21,23H,2,8-9,12-14,16-19H2,1H3,(H2,27,29,30). The lowest BCUT2D eigenvalue weighted by atomic mass is 10.1. The Hall–Kier alpha value is -3.09. The molecule has 1 atom stereocenters. The van der Waals surface area contributed by atoms with Crippen molar-refractivity contribution in [3.8, 4) is 5.88 Å². The summed E-state index contributed by atoms with van der Waals surface area (Å²) in [5.41, 5.74) is 2.31. The van der Waals surface area contributed by atoms with Crippen LogP contribution >= 0.6 is 0 Å². The predicted molar refractivity (Wildman–Crippen MR) is 130 cm³/mol. The number of ether oxygens (including phenoxy) is 1. The number of hydrogen-bond acceptors (Lipinski definition) is 4.